The molecule has 0 aliphatic carbocycles. The van der Waals surface area contributed by atoms with Crippen molar-refractivity contribution in [3.8, 4) is 22.6 Å². The Morgan fingerprint density at radius 2 is 1.70 bits per heavy atom. The standard InChI is InChI=1S/C24H16Cl2N2O5/c1-13-20(22(28-33-13)21-16(25)8-5-9-17(21)26)23(29)27-18(24(30)31)12-15-10-11-19(32-15)14-6-3-2-4-7-14/h2-12H,1H3,(H,27,29)(H,30,31)/b18-12+. The Morgan fingerprint density at radius 1 is 1.00 bits per heavy atom. The molecule has 2 aromatic heterocycles. The number of carboxylic acids is 1. The maximum Gasteiger partial charge on any atom is 0.352 e. The van der Waals surface area contributed by atoms with E-state index in [0.717, 1.165) is 5.56 Å². The minimum Gasteiger partial charge on any atom is -0.477 e. The lowest BCUT2D eigenvalue weighted by Crippen LogP contribution is -2.27. The highest BCUT2D eigenvalue weighted by atomic mass is 35.5. The third kappa shape index (κ3) is 4.69. The van der Waals surface area contributed by atoms with Crippen LogP contribution in [0.4, 0.5) is 0 Å². The first-order chi connectivity index (χ1) is 15.8. The van der Waals surface area contributed by atoms with E-state index >= 15 is 0 Å². The topological polar surface area (TPSA) is 106 Å². The fraction of sp³-hybridized carbons (Fsp3) is 0.0417. The molecular weight excluding hydrogens is 467 g/mol. The van der Waals surface area contributed by atoms with Crippen molar-refractivity contribution in [2.45, 2.75) is 6.92 Å². The van der Waals surface area contributed by atoms with E-state index in [9.17, 15) is 14.7 Å². The number of benzene rings is 2. The van der Waals surface area contributed by atoms with Gasteiger partial charge in [-0.2, -0.15) is 0 Å². The Balaban J connectivity index is 1.66. The number of nitrogens with zero attached hydrogens (tertiary/aromatic N) is 1. The number of carbonyl (C=O) groups excluding carboxylic acids is 1. The van der Waals surface area contributed by atoms with Crippen LogP contribution in [0.3, 0.4) is 0 Å². The van der Waals surface area contributed by atoms with Crippen molar-refractivity contribution in [2.24, 2.45) is 0 Å². The summed E-state index contributed by atoms with van der Waals surface area (Å²) >= 11 is 12.5. The molecule has 4 rings (SSSR count). The highest BCUT2D eigenvalue weighted by Gasteiger charge is 2.26. The van der Waals surface area contributed by atoms with E-state index in [1.54, 1.807) is 30.3 Å². The number of hydrogen-bond acceptors (Lipinski definition) is 5. The number of carboxylic acid groups (broad SMARTS) is 1. The van der Waals surface area contributed by atoms with Crippen LogP contribution < -0.4 is 5.32 Å². The molecule has 0 fully saturated rings. The van der Waals surface area contributed by atoms with Crippen molar-refractivity contribution in [3.63, 3.8) is 0 Å². The molecule has 2 aromatic carbocycles. The van der Waals surface area contributed by atoms with Gasteiger partial charge < -0.3 is 19.4 Å². The molecule has 2 N–H and O–H groups in total. The molecule has 0 unspecified atom stereocenters. The third-order valence-electron chi connectivity index (χ3n) is 4.74. The molecule has 33 heavy (non-hydrogen) atoms. The van der Waals surface area contributed by atoms with E-state index in [1.807, 2.05) is 30.3 Å². The molecule has 1 amide bonds. The zero-order valence-electron chi connectivity index (χ0n) is 17.1. The van der Waals surface area contributed by atoms with Crippen molar-refractivity contribution in [3.05, 3.63) is 93.5 Å². The van der Waals surface area contributed by atoms with Crippen LogP contribution in [0, 0.1) is 6.92 Å². The van der Waals surface area contributed by atoms with Gasteiger partial charge in [-0.05, 0) is 31.2 Å². The molecule has 0 spiro atoms. The minimum absolute atomic E-state index is 0.0153. The molecule has 7 nitrogen and oxygen atoms in total. The van der Waals surface area contributed by atoms with Gasteiger partial charge in [0.2, 0.25) is 0 Å². The number of carbonyl (C=O) groups is 2. The zero-order chi connectivity index (χ0) is 23.5. The summed E-state index contributed by atoms with van der Waals surface area (Å²) in [5.74, 6) is -1.12. The summed E-state index contributed by atoms with van der Waals surface area (Å²) < 4.78 is 10.9. The van der Waals surface area contributed by atoms with E-state index < -0.39 is 17.6 Å². The van der Waals surface area contributed by atoms with Gasteiger partial charge >= 0.3 is 5.97 Å². The summed E-state index contributed by atoms with van der Waals surface area (Å²) in [5.41, 5.74) is 0.865. The first-order valence-electron chi connectivity index (χ1n) is 9.67. The fourth-order valence-corrected chi connectivity index (χ4v) is 3.78. The molecule has 0 aliphatic rings. The summed E-state index contributed by atoms with van der Waals surface area (Å²) in [6.07, 6.45) is 1.22. The van der Waals surface area contributed by atoms with Crippen molar-refractivity contribution >= 4 is 41.2 Å². The number of aliphatic carboxylic acids is 1. The van der Waals surface area contributed by atoms with Crippen molar-refractivity contribution in [1.82, 2.24) is 10.5 Å². The Morgan fingerprint density at radius 3 is 2.36 bits per heavy atom. The Labute approximate surface area is 198 Å². The van der Waals surface area contributed by atoms with Gasteiger partial charge in [-0.1, -0.05) is 64.8 Å². The van der Waals surface area contributed by atoms with Gasteiger partial charge in [0.15, 0.2) is 0 Å². The highest BCUT2D eigenvalue weighted by molar-refractivity contribution is 6.39. The molecule has 0 saturated heterocycles. The van der Waals surface area contributed by atoms with Gasteiger partial charge in [-0.15, -0.1) is 0 Å². The predicted octanol–water partition coefficient (Wildman–Crippen LogP) is 6.07. The lowest BCUT2D eigenvalue weighted by atomic mass is 10.1. The average Bonchev–Trinajstić information content (AvgIpc) is 3.40. The number of furan rings is 1. The summed E-state index contributed by atoms with van der Waals surface area (Å²) in [4.78, 5) is 24.9. The van der Waals surface area contributed by atoms with Gasteiger partial charge in [0.25, 0.3) is 5.91 Å². The smallest absolute Gasteiger partial charge is 0.352 e. The van der Waals surface area contributed by atoms with E-state index in [2.05, 4.69) is 10.5 Å². The average molecular weight is 483 g/mol. The van der Waals surface area contributed by atoms with Crippen LogP contribution in [-0.2, 0) is 4.79 Å². The molecule has 166 valence electrons. The van der Waals surface area contributed by atoms with Crippen LogP contribution in [0.5, 0.6) is 0 Å². The van der Waals surface area contributed by atoms with Gasteiger partial charge in [0.1, 0.15) is 34.2 Å². The van der Waals surface area contributed by atoms with Crippen LogP contribution in [-0.4, -0.2) is 22.1 Å². The van der Waals surface area contributed by atoms with Crippen molar-refractivity contribution in [1.29, 1.82) is 0 Å². The number of aromatic nitrogens is 1. The number of hydrogen-bond donors (Lipinski definition) is 2. The van der Waals surface area contributed by atoms with Crippen molar-refractivity contribution < 1.29 is 23.6 Å². The lowest BCUT2D eigenvalue weighted by Gasteiger charge is -2.08. The van der Waals surface area contributed by atoms with Crippen LogP contribution in [0.2, 0.25) is 10.0 Å². The third-order valence-corrected chi connectivity index (χ3v) is 5.37. The molecule has 4 aromatic rings. The SMILES string of the molecule is Cc1onc(-c2c(Cl)cccc2Cl)c1C(=O)N/C(=C/c1ccc(-c2ccccc2)o1)C(=O)O. The summed E-state index contributed by atoms with van der Waals surface area (Å²) in [7, 11) is 0. The number of nitrogens with one attached hydrogen (secondary N) is 1. The first-order valence-corrected chi connectivity index (χ1v) is 10.4. The largest absolute Gasteiger partial charge is 0.477 e. The Bertz CT molecular complexity index is 1350. The molecule has 0 saturated carbocycles. The minimum atomic E-state index is -1.35. The normalized spacial score (nSPS) is 11.4. The zero-order valence-corrected chi connectivity index (χ0v) is 18.6. The first kappa shape index (κ1) is 22.4. The summed E-state index contributed by atoms with van der Waals surface area (Å²) in [6.45, 7) is 1.53. The van der Waals surface area contributed by atoms with Gasteiger partial charge in [-0.3, -0.25) is 4.79 Å². The lowest BCUT2D eigenvalue weighted by molar-refractivity contribution is -0.132. The maximum atomic E-state index is 13.0. The predicted molar refractivity (Wildman–Crippen MR) is 124 cm³/mol. The van der Waals surface area contributed by atoms with Gasteiger partial charge in [0.05, 0.1) is 10.0 Å². The van der Waals surface area contributed by atoms with Gasteiger partial charge in [0, 0.05) is 17.2 Å². The van der Waals surface area contributed by atoms with E-state index in [0.29, 0.717) is 11.3 Å². The summed E-state index contributed by atoms with van der Waals surface area (Å²) in [5, 5.41) is 16.5. The molecule has 0 aliphatic heterocycles. The van der Waals surface area contributed by atoms with Crippen LogP contribution in [0.1, 0.15) is 21.9 Å². The molecule has 0 radical (unpaired) electrons. The summed E-state index contributed by atoms with van der Waals surface area (Å²) in [6, 6.07) is 17.5. The number of halogens is 2. The highest BCUT2D eigenvalue weighted by Crippen LogP contribution is 2.36. The van der Waals surface area contributed by atoms with E-state index in [4.69, 9.17) is 32.1 Å². The Kier molecular flexibility index (Phi) is 6.35. The number of aryl methyl sites for hydroxylation is 1. The molecule has 0 bridgehead atoms. The van der Waals surface area contributed by atoms with Gasteiger partial charge in [-0.25, -0.2) is 4.79 Å². The van der Waals surface area contributed by atoms with Crippen LogP contribution >= 0.6 is 23.2 Å². The van der Waals surface area contributed by atoms with Crippen molar-refractivity contribution in [2.75, 3.05) is 0 Å². The molecule has 2 heterocycles. The monoisotopic (exact) mass is 482 g/mol. The quantitative estimate of drug-likeness (QED) is 0.323. The van der Waals surface area contributed by atoms with Crippen LogP contribution in [0.25, 0.3) is 28.7 Å². The Hall–Kier alpha value is -3.81. The number of amides is 1. The molecule has 9 heteroatoms. The second-order valence-electron chi connectivity index (χ2n) is 6.94. The maximum absolute atomic E-state index is 13.0. The number of rotatable bonds is 6. The molecular formula is C24H16Cl2N2O5. The second-order valence-corrected chi connectivity index (χ2v) is 7.76. The van der Waals surface area contributed by atoms with Crippen LogP contribution in [0.15, 0.2) is 75.3 Å². The fourth-order valence-electron chi connectivity index (χ4n) is 3.20. The molecule has 0 atom stereocenters. The van der Waals surface area contributed by atoms with E-state index in [1.165, 1.54) is 13.0 Å². The van der Waals surface area contributed by atoms with E-state index in [-0.39, 0.29) is 32.8 Å². The second kappa shape index (κ2) is 9.36.